The second-order valence-corrected chi connectivity index (χ2v) is 8.84. The van der Waals surface area contributed by atoms with Crippen LogP contribution >= 0.6 is 27.7 Å². The highest BCUT2D eigenvalue weighted by molar-refractivity contribution is 9.10. The summed E-state index contributed by atoms with van der Waals surface area (Å²) < 4.78 is 29.5. The van der Waals surface area contributed by atoms with Gasteiger partial charge in [-0.3, -0.25) is 4.79 Å². The summed E-state index contributed by atoms with van der Waals surface area (Å²) in [6.45, 7) is 2.46. The Morgan fingerprint density at radius 3 is 2.73 bits per heavy atom. The van der Waals surface area contributed by atoms with E-state index in [-0.39, 0.29) is 16.6 Å². The van der Waals surface area contributed by atoms with Gasteiger partial charge in [0.15, 0.2) is 5.17 Å². The molecular weight excluding hydrogens is 438 g/mol. The Morgan fingerprint density at radius 1 is 1.23 bits per heavy atom. The summed E-state index contributed by atoms with van der Waals surface area (Å²) in [7, 11) is -3.76. The molecule has 136 valence electrons. The van der Waals surface area contributed by atoms with Crippen LogP contribution < -0.4 is 10.2 Å². The van der Waals surface area contributed by atoms with Crippen LogP contribution in [0.15, 0.2) is 62.3 Å². The van der Waals surface area contributed by atoms with Crippen molar-refractivity contribution in [1.29, 1.82) is 0 Å². The van der Waals surface area contributed by atoms with E-state index in [1.165, 1.54) is 6.07 Å². The minimum Gasteiger partial charge on any atom is -0.325 e. The van der Waals surface area contributed by atoms with Crippen molar-refractivity contribution in [2.24, 2.45) is 4.40 Å². The van der Waals surface area contributed by atoms with Gasteiger partial charge in [-0.05, 0) is 37.3 Å². The van der Waals surface area contributed by atoms with Crippen molar-refractivity contribution in [3.63, 3.8) is 0 Å². The summed E-state index contributed by atoms with van der Waals surface area (Å²) in [6, 6.07) is 14.0. The summed E-state index contributed by atoms with van der Waals surface area (Å²) in [5.74, 6) is -0.178. The average molecular weight is 454 g/mol. The van der Waals surface area contributed by atoms with Crippen molar-refractivity contribution in [1.82, 2.24) is 0 Å². The zero-order valence-corrected chi connectivity index (χ0v) is 17.1. The number of thioether (sulfide) groups is 1. The van der Waals surface area contributed by atoms with Crippen LogP contribution in [-0.4, -0.2) is 31.8 Å². The van der Waals surface area contributed by atoms with E-state index < -0.39 is 10.0 Å². The molecule has 0 saturated heterocycles. The first-order chi connectivity index (χ1) is 12.4. The number of carbonyl (C=O) groups is 1. The standard InChI is InChI=1S/C17H16BrN3O3S2/c1-2-21-14-8-3-4-9-15(14)26(23,24)20-17(21)25-11-16(22)19-13-7-5-6-12(18)10-13/h3-10H,2,11H2,1H3,(H,19,22). The predicted octanol–water partition coefficient (Wildman–Crippen LogP) is 3.71. The smallest absolute Gasteiger partial charge is 0.286 e. The second-order valence-electron chi connectivity index (χ2n) is 5.41. The van der Waals surface area contributed by atoms with Crippen LogP contribution in [-0.2, 0) is 14.8 Å². The van der Waals surface area contributed by atoms with Gasteiger partial charge in [0.05, 0.1) is 11.4 Å². The molecule has 0 spiro atoms. The maximum atomic E-state index is 12.4. The lowest BCUT2D eigenvalue weighted by molar-refractivity contribution is -0.113. The number of rotatable bonds is 4. The predicted molar refractivity (Wildman–Crippen MR) is 109 cm³/mol. The molecular formula is C17H16BrN3O3S2. The fourth-order valence-corrected chi connectivity index (χ4v) is 5.22. The molecule has 0 aromatic heterocycles. The van der Waals surface area contributed by atoms with E-state index in [1.807, 2.05) is 19.1 Å². The number of carbonyl (C=O) groups excluding carboxylic acids is 1. The Bertz CT molecular complexity index is 977. The van der Waals surface area contributed by atoms with Gasteiger partial charge in [0, 0.05) is 16.7 Å². The number of nitrogens with one attached hydrogen (secondary N) is 1. The highest BCUT2D eigenvalue weighted by atomic mass is 79.9. The van der Waals surface area contributed by atoms with Gasteiger partial charge in [0.25, 0.3) is 10.0 Å². The summed E-state index contributed by atoms with van der Waals surface area (Å²) >= 11 is 4.45. The Hall–Kier alpha value is -1.84. The van der Waals surface area contributed by atoms with E-state index in [9.17, 15) is 13.2 Å². The van der Waals surface area contributed by atoms with E-state index >= 15 is 0 Å². The second kappa shape index (κ2) is 7.81. The quantitative estimate of drug-likeness (QED) is 0.762. The van der Waals surface area contributed by atoms with Crippen molar-refractivity contribution in [3.8, 4) is 0 Å². The molecule has 1 amide bonds. The van der Waals surface area contributed by atoms with Crippen LogP contribution in [0.4, 0.5) is 11.4 Å². The topological polar surface area (TPSA) is 78.8 Å². The van der Waals surface area contributed by atoms with E-state index in [2.05, 4.69) is 25.6 Å². The third-order valence-electron chi connectivity index (χ3n) is 3.62. The third kappa shape index (κ3) is 4.11. The fraction of sp³-hybridized carbons (Fsp3) is 0.176. The van der Waals surface area contributed by atoms with Gasteiger partial charge in [-0.2, -0.15) is 8.42 Å². The van der Waals surface area contributed by atoms with Gasteiger partial charge >= 0.3 is 0 Å². The van der Waals surface area contributed by atoms with Crippen LogP contribution in [0, 0.1) is 0 Å². The summed E-state index contributed by atoms with van der Waals surface area (Å²) in [6.07, 6.45) is 0. The van der Waals surface area contributed by atoms with Gasteiger partial charge in [-0.15, -0.1) is 4.40 Å². The summed E-state index contributed by atoms with van der Waals surface area (Å²) in [4.78, 5) is 14.2. The number of para-hydroxylation sites is 1. The van der Waals surface area contributed by atoms with E-state index in [0.29, 0.717) is 23.1 Å². The fourth-order valence-electron chi connectivity index (χ4n) is 2.51. The maximum Gasteiger partial charge on any atom is 0.286 e. The summed E-state index contributed by atoms with van der Waals surface area (Å²) in [5, 5.41) is 3.08. The van der Waals surface area contributed by atoms with E-state index in [1.54, 1.807) is 35.2 Å². The van der Waals surface area contributed by atoms with Gasteiger partial charge in [-0.1, -0.05) is 45.9 Å². The minimum atomic E-state index is -3.76. The SMILES string of the molecule is CCN1C(SCC(=O)Nc2cccc(Br)c2)=NS(=O)(=O)c2ccccc21. The first-order valence-electron chi connectivity index (χ1n) is 7.80. The number of amidine groups is 1. The molecule has 0 fully saturated rings. The molecule has 0 radical (unpaired) electrons. The molecule has 6 nitrogen and oxygen atoms in total. The largest absolute Gasteiger partial charge is 0.325 e. The van der Waals surface area contributed by atoms with Crippen molar-refractivity contribution in [3.05, 3.63) is 53.0 Å². The zero-order chi connectivity index (χ0) is 18.7. The van der Waals surface area contributed by atoms with E-state index in [0.717, 1.165) is 16.2 Å². The Balaban J connectivity index is 1.75. The van der Waals surface area contributed by atoms with Crippen molar-refractivity contribution in [2.75, 3.05) is 22.5 Å². The third-order valence-corrected chi connectivity index (χ3v) is 6.52. The molecule has 1 N–H and O–H groups in total. The molecule has 1 aliphatic rings. The minimum absolute atomic E-state index is 0.0551. The highest BCUT2D eigenvalue weighted by Gasteiger charge is 2.30. The molecule has 9 heteroatoms. The number of anilines is 2. The number of nitrogens with zero attached hydrogens (tertiary/aromatic N) is 2. The van der Waals surface area contributed by atoms with Crippen LogP contribution in [0.1, 0.15) is 6.92 Å². The number of amides is 1. The molecule has 3 rings (SSSR count). The molecule has 0 aliphatic carbocycles. The summed E-state index contributed by atoms with van der Waals surface area (Å²) in [5.41, 5.74) is 1.25. The number of halogens is 1. The van der Waals surface area contributed by atoms with Gasteiger partial charge in [0.2, 0.25) is 5.91 Å². The molecule has 0 bridgehead atoms. The Labute approximate surface area is 164 Å². The first kappa shape index (κ1) is 18.9. The van der Waals surface area contributed by atoms with Gasteiger partial charge in [-0.25, -0.2) is 0 Å². The molecule has 2 aromatic carbocycles. The monoisotopic (exact) mass is 453 g/mol. The molecule has 1 heterocycles. The van der Waals surface area contributed by atoms with Crippen LogP contribution in [0.3, 0.4) is 0 Å². The number of benzene rings is 2. The molecule has 2 aromatic rings. The van der Waals surface area contributed by atoms with Crippen molar-refractivity contribution >= 4 is 60.2 Å². The zero-order valence-electron chi connectivity index (χ0n) is 13.8. The van der Waals surface area contributed by atoms with Crippen molar-refractivity contribution in [2.45, 2.75) is 11.8 Å². The van der Waals surface area contributed by atoms with Crippen molar-refractivity contribution < 1.29 is 13.2 Å². The normalized spacial score (nSPS) is 15.2. The van der Waals surface area contributed by atoms with Crippen LogP contribution in [0.5, 0.6) is 0 Å². The average Bonchev–Trinajstić information content (AvgIpc) is 2.60. The van der Waals surface area contributed by atoms with Crippen LogP contribution in [0.25, 0.3) is 0 Å². The Kier molecular flexibility index (Phi) is 5.69. The lowest BCUT2D eigenvalue weighted by atomic mass is 10.3. The molecule has 26 heavy (non-hydrogen) atoms. The molecule has 0 saturated carbocycles. The van der Waals surface area contributed by atoms with E-state index in [4.69, 9.17) is 0 Å². The van der Waals surface area contributed by atoms with Gasteiger partial charge < -0.3 is 10.2 Å². The van der Waals surface area contributed by atoms with Crippen LogP contribution in [0.2, 0.25) is 0 Å². The number of hydrogen-bond donors (Lipinski definition) is 1. The number of sulfonamides is 1. The first-order valence-corrected chi connectivity index (χ1v) is 11.0. The molecule has 0 atom stereocenters. The lowest BCUT2D eigenvalue weighted by Crippen LogP contribution is -2.34. The lowest BCUT2D eigenvalue weighted by Gasteiger charge is -2.29. The molecule has 0 unspecified atom stereocenters. The number of fused-ring (bicyclic) bond motifs is 1. The Morgan fingerprint density at radius 2 is 2.00 bits per heavy atom. The number of hydrogen-bond acceptors (Lipinski definition) is 5. The molecule has 1 aliphatic heterocycles. The maximum absolute atomic E-state index is 12.4. The van der Waals surface area contributed by atoms with Gasteiger partial charge in [0.1, 0.15) is 4.90 Å². The highest BCUT2D eigenvalue weighted by Crippen LogP contribution is 2.33.